The molecule has 0 saturated heterocycles. The smallest absolute Gasteiger partial charge is 0.0134 e. The van der Waals surface area contributed by atoms with Crippen LogP contribution in [0.15, 0.2) is 200 Å². The van der Waals surface area contributed by atoms with Crippen molar-refractivity contribution in [3.63, 3.8) is 0 Å². The first-order chi connectivity index (χ1) is 22.3. The number of benzene rings is 7. The SMILES string of the molecule is c1ccc(P(c2ccccc2)c2cc(P(c3ccccc3)c3ccccc3)cc(P(c3ccccc3)c3ccccc3)c2)cc1. The third kappa shape index (κ3) is 6.76. The molecule has 0 radical (unpaired) electrons. The van der Waals surface area contributed by atoms with E-state index in [2.05, 4.69) is 200 Å². The lowest BCUT2D eigenvalue weighted by molar-refractivity contribution is 1.74. The molecule has 0 atom stereocenters. The Morgan fingerprint density at radius 3 is 0.489 bits per heavy atom. The summed E-state index contributed by atoms with van der Waals surface area (Å²) < 4.78 is 0. The summed E-state index contributed by atoms with van der Waals surface area (Å²) in [5.74, 6) is 0. The Morgan fingerprint density at radius 2 is 0.333 bits per heavy atom. The molecule has 0 fully saturated rings. The summed E-state index contributed by atoms with van der Waals surface area (Å²) in [6, 6.07) is 74.2. The molecule has 0 aliphatic rings. The molecule has 0 aliphatic heterocycles. The van der Waals surface area contributed by atoms with Crippen molar-refractivity contribution in [2.45, 2.75) is 0 Å². The van der Waals surface area contributed by atoms with Crippen LogP contribution in [0.1, 0.15) is 0 Å². The second-order valence-corrected chi connectivity index (χ2v) is 17.4. The van der Waals surface area contributed by atoms with Gasteiger partial charge in [0.2, 0.25) is 0 Å². The van der Waals surface area contributed by atoms with Crippen LogP contribution < -0.4 is 47.7 Å². The first-order valence-electron chi connectivity index (χ1n) is 15.2. The van der Waals surface area contributed by atoms with Gasteiger partial charge in [0.1, 0.15) is 0 Å². The first kappa shape index (κ1) is 29.5. The Kier molecular flexibility index (Phi) is 9.38. The standard InChI is InChI=1S/C42H33P3/c1-7-19-34(20-8-1)43(35-21-9-2-10-22-35)40-31-41(44(36-23-11-3-12-24-36)37-25-13-4-14-26-37)33-42(32-40)45(38-27-15-5-16-28-38)39-29-17-6-18-30-39/h1-33H. The molecule has 0 aliphatic carbocycles. The lowest BCUT2D eigenvalue weighted by Crippen LogP contribution is -2.32. The van der Waals surface area contributed by atoms with E-state index in [1.165, 1.54) is 47.7 Å². The Labute approximate surface area is 270 Å². The third-order valence-corrected chi connectivity index (χ3v) is 15.0. The van der Waals surface area contributed by atoms with Crippen molar-refractivity contribution in [3.8, 4) is 0 Å². The molecule has 0 unspecified atom stereocenters. The summed E-state index contributed by atoms with van der Waals surface area (Å²) in [7, 11) is -2.35. The second-order valence-electron chi connectivity index (χ2n) is 10.7. The minimum absolute atomic E-state index is 0.783. The molecule has 3 heteroatoms. The van der Waals surface area contributed by atoms with Gasteiger partial charge in [-0.1, -0.05) is 182 Å². The van der Waals surface area contributed by atoms with Gasteiger partial charge in [-0.3, -0.25) is 0 Å². The zero-order valence-corrected chi connectivity index (χ0v) is 27.6. The maximum atomic E-state index is 2.53. The molecule has 7 aromatic rings. The fraction of sp³-hybridized carbons (Fsp3) is 0. The highest BCUT2D eigenvalue weighted by molar-refractivity contribution is 7.82. The van der Waals surface area contributed by atoms with Gasteiger partial charge in [-0.15, -0.1) is 0 Å². The van der Waals surface area contributed by atoms with E-state index in [1.54, 1.807) is 0 Å². The lowest BCUT2D eigenvalue weighted by Gasteiger charge is -2.27. The Hall–Kier alpha value is -4.17. The molecule has 0 aromatic heterocycles. The maximum Gasteiger partial charge on any atom is -0.0134 e. The van der Waals surface area contributed by atoms with Crippen molar-refractivity contribution in [1.29, 1.82) is 0 Å². The Balaban J connectivity index is 1.52. The van der Waals surface area contributed by atoms with Crippen molar-refractivity contribution >= 4 is 71.5 Å². The van der Waals surface area contributed by atoms with Crippen LogP contribution in [0.5, 0.6) is 0 Å². The predicted octanol–water partition coefficient (Wildman–Crippen LogP) is 6.96. The summed E-state index contributed by atoms with van der Waals surface area (Å²) in [5.41, 5.74) is 0. The van der Waals surface area contributed by atoms with Crippen LogP contribution in [-0.2, 0) is 0 Å². The molecule has 0 bridgehead atoms. The third-order valence-electron chi connectivity index (χ3n) is 7.75. The van der Waals surface area contributed by atoms with Gasteiger partial charge in [0.25, 0.3) is 0 Å². The zero-order chi connectivity index (χ0) is 30.3. The molecule has 0 amide bonds. The summed E-state index contributed by atoms with van der Waals surface area (Å²) in [5, 5.41) is 12.4. The average Bonchev–Trinajstić information content (AvgIpc) is 3.12. The molecule has 0 nitrogen and oxygen atoms in total. The highest BCUT2D eigenvalue weighted by Crippen LogP contribution is 2.39. The van der Waals surface area contributed by atoms with Gasteiger partial charge < -0.3 is 0 Å². The van der Waals surface area contributed by atoms with Crippen molar-refractivity contribution in [1.82, 2.24) is 0 Å². The van der Waals surface area contributed by atoms with Gasteiger partial charge in [-0.2, -0.15) is 0 Å². The van der Waals surface area contributed by atoms with E-state index in [0.717, 1.165) is 0 Å². The molecule has 7 aromatic carbocycles. The quantitative estimate of drug-likeness (QED) is 0.151. The summed E-state index contributed by atoms with van der Waals surface area (Å²) in [4.78, 5) is 0. The van der Waals surface area contributed by atoms with Crippen LogP contribution in [0.2, 0.25) is 0 Å². The van der Waals surface area contributed by atoms with Crippen molar-refractivity contribution < 1.29 is 0 Å². The summed E-state index contributed by atoms with van der Waals surface area (Å²) >= 11 is 0. The van der Waals surface area contributed by atoms with E-state index in [9.17, 15) is 0 Å². The molecule has 216 valence electrons. The fourth-order valence-corrected chi connectivity index (χ4v) is 13.2. The predicted molar refractivity (Wildman–Crippen MR) is 203 cm³/mol. The van der Waals surface area contributed by atoms with E-state index in [0.29, 0.717) is 0 Å². The van der Waals surface area contributed by atoms with Crippen molar-refractivity contribution in [2.75, 3.05) is 0 Å². The van der Waals surface area contributed by atoms with E-state index >= 15 is 0 Å². The highest BCUT2D eigenvalue weighted by atomic mass is 31.1. The van der Waals surface area contributed by atoms with Crippen LogP contribution in [0, 0.1) is 0 Å². The average molecular weight is 631 g/mol. The highest BCUT2D eigenvalue weighted by Gasteiger charge is 2.25. The second kappa shape index (κ2) is 14.3. The Bertz CT molecular complexity index is 1570. The summed E-state index contributed by atoms with van der Waals surface area (Å²) in [6.45, 7) is 0. The molecule has 7 rings (SSSR count). The minimum Gasteiger partial charge on any atom is -0.0622 e. The van der Waals surface area contributed by atoms with Crippen molar-refractivity contribution in [2.24, 2.45) is 0 Å². The van der Waals surface area contributed by atoms with E-state index < -0.39 is 23.8 Å². The first-order valence-corrected chi connectivity index (χ1v) is 19.2. The van der Waals surface area contributed by atoms with Crippen LogP contribution in [0.25, 0.3) is 0 Å². The normalized spacial score (nSPS) is 11.3. The van der Waals surface area contributed by atoms with Gasteiger partial charge in [-0.25, -0.2) is 0 Å². The van der Waals surface area contributed by atoms with Gasteiger partial charge in [0.15, 0.2) is 0 Å². The van der Waals surface area contributed by atoms with Crippen LogP contribution in [-0.4, -0.2) is 0 Å². The van der Waals surface area contributed by atoms with E-state index in [1.807, 2.05) is 0 Å². The molecule has 45 heavy (non-hydrogen) atoms. The van der Waals surface area contributed by atoms with Gasteiger partial charge in [0.05, 0.1) is 0 Å². The summed E-state index contributed by atoms with van der Waals surface area (Å²) in [6.07, 6.45) is 0. The largest absolute Gasteiger partial charge is 0.0622 e. The Morgan fingerprint density at radius 1 is 0.178 bits per heavy atom. The molecular formula is C42H33P3. The van der Waals surface area contributed by atoms with Gasteiger partial charge >= 0.3 is 0 Å². The topological polar surface area (TPSA) is 0 Å². The molecule has 0 heterocycles. The molecule has 0 N–H and O–H groups in total. The molecule has 0 spiro atoms. The van der Waals surface area contributed by atoms with Crippen LogP contribution >= 0.6 is 23.8 Å². The van der Waals surface area contributed by atoms with E-state index in [-0.39, 0.29) is 0 Å². The lowest BCUT2D eigenvalue weighted by atomic mass is 10.3. The van der Waals surface area contributed by atoms with E-state index in [4.69, 9.17) is 0 Å². The molecule has 0 saturated carbocycles. The minimum atomic E-state index is -0.783. The zero-order valence-electron chi connectivity index (χ0n) is 24.9. The fourth-order valence-electron chi connectivity index (χ4n) is 5.77. The van der Waals surface area contributed by atoms with Gasteiger partial charge in [0, 0.05) is 0 Å². The monoisotopic (exact) mass is 630 g/mol. The number of rotatable bonds is 9. The van der Waals surface area contributed by atoms with Gasteiger partial charge in [-0.05, 0) is 89.7 Å². The maximum absolute atomic E-state index is 2.53. The van der Waals surface area contributed by atoms with Crippen LogP contribution in [0.4, 0.5) is 0 Å². The molecular weight excluding hydrogens is 597 g/mol. The number of hydrogen-bond donors (Lipinski definition) is 0. The van der Waals surface area contributed by atoms with Crippen molar-refractivity contribution in [3.05, 3.63) is 200 Å². The number of hydrogen-bond acceptors (Lipinski definition) is 0. The van der Waals surface area contributed by atoms with Crippen LogP contribution in [0.3, 0.4) is 0 Å².